The monoisotopic (exact) mass is 428 g/mol. The molecule has 3 aromatic rings. The Labute approximate surface area is 186 Å². The van der Waals surface area contributed by atoms with Crippen molar-refractivity contribution >= 4 is 23.1 Å². The Hall–Kier alpha value is -3.93. The minimum absolute atomic E-state index is 0.0504. The summed E-state index contributed by atoms with van der Waals surface area (Å²) in [5, 5.41) is 11.3. The van der Waals surface area contributed by atoms with Crippen LogP contribution in [0.15, 0.2) is 66.5 Å². The number of carbonyl (C=O) groups is 2. The summed E-state index contributed by atoms with van der Waals surface area (Å²) < 4.78 is 5.25. The van der Waals surface area contributed by atoms with Crippen molar-refractivity contribution in [3.63, 3.8) is 0 Å². The summed E-state index contributed by atoms with van der Waals surface area (Å²) in [5.41, 5.74) is 4.49. The standard InChI is InChI=1S/C26H24N2O4/c1-15-5-8-21(17(3)13-15)28-23(18-9-11-27-12-10-18)22(25(30)26(28)31)24(29)20-7-6-19(32-4)14-16(20)2/h5-14,23,29H,1-4H3/b24-22+. The second-order valence-corrected chi connectivity index (χ2v) is 7.92. The summed E-state index contributed by atoms with van der Waals surface area (Å²) in [7, 11) is 1.56. The number of nitrogens with zero attached hydrogens (tertiary/aromatic N) is 2. The molecule has 0 radical (unpaired) electrons. The van der Waals surface area contributed by atoms with Crippen LogP contribution in [0, 0.1) is 20.8 Å². The van der Waals surface area contributed by atoms with Crippen molar-refractivity contribution in [1.82, 2.24) is 4.98 Å². The fourth-order valence-electron chi connectivity index (χ4n) is 4.19. The van der Waals surface area contributed by atoms with Gasteiger partial charge in [-0.2, -0.15) is 0 Å². The van der Waals surface area contributed by atoms with Crippen molar-refractivity contribution < 1.29 is 19.4 Å². The predicted octanol–water partition coefficient (Wildman–Crippen LogP) is 4.64. The molecule has 162 valence electrons. The molecule has 1 amide bonds. The molecule has 2 aromatic carbocycles. The van der Waals surface area contributed by atoms with Gasteiger partial charge in [0.2, 0.25) is 0 Å². The van der Waals surface area contributed by atoms with Crippen LogP contribution in [0.5, 0.6) is 5.75 Å². The van der Waals surface area contributed by atoms with Crippen molar-refractivity contribution in [2.24, 2.45) is 0 Å². The third-order valence-electron chi connectivity index (χ3n) is 5.77. The van der Waals surface area contributed by atoms with E-state index in [0.717, 1.165) is 16.7 Å². The van der Waals surface area contributed by atoms with Gasteiger partial charge in [0.15, 0.2) is 0 Å². The van der Waals surface area contributed by atoms with Gasteiger partial charge in [-0.15, -0.1) is 0 Å². The summed E-state index contributed by atoms with van der Waals surface area (Å²) in [6.45, 7) is 5.69. The van der Waals surface area contributed by atoms with E-state index in [1.807, 2.05) is 39.0 Å². The Morgan fingerprint density at radius 3 is 2.31 bits per heavy atom. The summed E-state index contributed by atoms with van der Waals surface area (Å²) >= 11 is 0. The number of aliphatic hydroxyl groups is 1. The molecule has 1 atom stereocenters. The van der Waals surface area contributed by atoms with Gasteiger partial charge in [0, 0.05) is 23.6 Å². The molecular formula is C26H24N2O4. The van der Waals surface area contributed by atoms with E-state index in [2.05, 4.69) is 4.98 Å². The number of hydrogen-bond acceptors (Lipinski definition) is 5. The van der Waals surface area contributed by atoms with Crippen molar-refractivity contribution in [3.05, 3.63) is 94.3 Å². The molecule has 1 aromatic heterocycles. The topological polar surface area (TPSA) is 79.7 Å². The van der Waals surface area contributed by atoms with Gasteiger partial charge in [-0.1, -0.05) is 17.7 Å². The van der Waals surface area contributed by atoms with E-state index < -0.39 is 17.7 Å². The summed E-state index contributed by atoms with van der Waals surface area (Å²) in [5.74, 6) is -0.968. The van der Waals surface area contributed by atoms with Crippen molar-refractivity contribution in [1.29, 1.82) is 0 Å². The van der Waals surface area contributed by atoms with Crippen LogP contribution in [-0.2, 0) is 9.59 Å². The lowest BCUT2D eigenvalue weighted by Gasteiger charge is -2.27. The number of aryl methyl sites for hydroxylation is 3. The van der Waals surface area contributed by atoms with E-state index in [1.165, 1.54) is 4.90 Å². The second-order valence-electron chi connectivity index (χ2n) is 7.92. The van der Waals surface area contributed by atoms with E-state index in [4.69, 9.17) is 4.74 Å². The highest BCUT2D eigenvalue weighted by atomic mass is 16.5. The molecule has 1 saturated heterocycles. The van der Waals surface area contributed by atoms with E-state index in [0.29, 0.717) is 22.6 Å². The van der Waals surface area contributed by atoms with Gasteiger partial charge in [-0.3, -0.25) is 19.5 Å². The summed E-state index contributed by atoms with van der Waals surface area (Å²) in [4.78, 5) is 32.0. The lowest BCUT2D eigenvalue weighted by molar-refractivity contribution is -0.132. The van der Waals surface area contributed by atoms with Crippen LogP contribution in [0.25, 0.3) is 5.76 Å². The van der Waals surface area contributed by atoms with Gasteiger partial charge in [-0.25, -0.2) is 0 Å². The number of aliphatic hydroxyl groups excluding tert-OH is 1. The number of ether oxygens (including phenoxy) is 1. The minimum Gasteiger partial charge on any atom is -0.507 e. The van der Waals surface area contributed by atoms with Gasteiger partial charge in [0.1, 0.15) is 11.5 Å². The Balaban J connectivity index is 1.96. The number of carbonyl (C=O) groups excluding carboxylic acids is 2. The van der Waals surface area contributed by atoms with Crippen LogP contribution in [0.4, 0.5) is 5.69 Å². The molecule has 4 rings (SSSR count). The molecule has 6 nitrogen and oxygen atoms in total. The first kappa shape index (κ1) is 21.3. The van der Waals surface area contributed by atoms with Crippen LogP contribution >= 0.6 is 0 Å². The molecule has 1 fully saturated rings. The highest BCUT2D eigenvalue weighted by Gasteiger charge is 2.47. The molecule has 2 heterocycles. The van der Waals surface area contributed by atoms with Crippen molar-refractivity contribution in [3.8, 4) is 5.75 Å². The van der Waals surface area contributed by atoms with Crippen molar-refractivity contribution in [2.45, 2.75) is 26.8 Å². The molecule has 0 saturated carbocycles. The minimum atomic E-state index is -0.777. The Kier molecular flexibility index (Phi) is 5.53. The smallest absolute Gasteiger partial charge is 0.300 e. The lowest BCUT2D eigenvalue weighted by atomic mass is 9.94. The van der Waals surface area contributed by atoms with Crippen LogP contribution in [0.3, 0.4) is 0 Å². The van der Waals surface area contributed by atoms with E-state index in [1.54, 1.807) is 49.8 Å². The molecule has 1 N–H and O–H groups in total. The molecule has 1 aliphatic heterocycles. The number of rotatable bonds is 4. The largest absolute Gasteiger partial charge is 0.507 e. The average molecular weight is 428 g/mol. The molecule has 0 aliphatic carbocycles. The van der Waals surface area contributed by atoms with Crippen LogP contribution < -0.4 is 9.64 Å². The number of ketones is 1. The van der Waals surface area contributed by atoms with E-state index >= 15 is 0 Å². The maximum Gasteiger partial charge on any atom is 0.300 e. The maximum absolute atomic E-state index is 13.3. The average Bonchev–Trinajstić information content (AvgIpc) is 3.04. The van der Waals surface area contributed by atoms with Gasteiger partial charge in [0.05, 0.1) is 18.7 Å². The zero-order valence-corrected chi connectivity index (χ0v) is 18.4. The SMILES string of the molecule is COc1ccc(/C(O)=C2\C(=O)C(=O)N(c3ccc(C)cc3C)C2c2ccncc2)c(C)c1. The normalized spacial score (nSPS) is 17.6. The van der Waals surface area contributed by atoms with Crippen molar-refractivity contribution in [2.75, 3.05) is 12.0 Å². The van der Waals surface area contributed by atoms with Crippen LogP contribution in [-0.4, -0.2) is 28.9 Å². The Bertz CT molecular complexity index is 1250. The fourth-order valence-corrected chi connectivity index (χ4v) is 4.19. The molecule has 1 unspecified atom stereocenters. The van der Waals surface area contributed by atoms with E-state index in [9.17, 15) is 14.7 Å². The second kappa shape index (κ2) is 8.30. The first-order valence-electron chi connectivity index (χ1n) is 10.3. The molecule has 32 heavy (non-hydrogen) atoms. The number of Topliss-reactive ketones (excluding diaryl/α,β-unsaturated/α-hetero) is 1. The van der Waals surface area contributed by atoms with Crippen LogP contribution in [0.2, 0.25) is 0 Å². The molecular weight excluding hydrogens is 404 g/mol. The fraction of sp³-hybridized carbons (Fsp3) is 0.192. The third kappa shape index (κ3) is 3.54. The number of hydrogen-bond donors (Lipinski definition) is 1. The Morgan fingerprint density at radius 1 is 0.969 bits per heavy atom. The number of anilines is 1. The quantitative estimate of drug-likeness (QED) is 0.372. The zero-order chi connectivity index (χ0) is 23.0. The first-order valence-corrected chi connectivity index (χ1v) is 10.3. The molecule has 1 aliphatic rings. The van der Waals surface area contributed by atoms with Gasteiger partial charge < -0.3 is 9.84 Å². The summed E-state index contributed by atoms with van der Waals surface area (Å²) in [6, 6.07) is 13.6. The van der Waals surface area contributed by atoms with Gasteiger partial charge in [-0.05, 0) is 73.9 Å². The zero-order valence-electron chi connectivity index (χ0n) is 18.4. The third-order valence-corrected chi connectivity index (χ3v) is 5.77. The number of methoxy groups -OCH3 is 1. The predicted molar refractivity (Wildman–Crippen MR) is 123 cm³/mol. The molecule has 0 spiro atoms. The Morgan fingerprint density at radius 2 is 1.69 bits per heavy atom. The summed E-state index contributed by atoms with van der Waals surface area (Å²) in [6.07, 6.45) is 3.21. The number of aromatic nitrogens is 1. The lowest BCUT2D eigenvalue weighted by Crippen LogP contribution is -2.30. The van der Waals surface area contributed by atoms with Gasteiger partial charge in [0.25, 0.3) is 11.7 Å². The number of benzene rings is 2. The molecule has 0 bridgehead atoms. The first-order chi connectivity index (χ1) is 15.3. The maximum atomic E-state index is 13.3. The number of pyridine rings is 1. The van der Waals surface area contributed by atoms with Gasteiger partial charge >= 0.3 is 0 Å². The van der Waals surface area contributed by atoms with Crippen LogP contribution in [0.1, 0.15) is 33.9 Å². The highest BCUT2D eigenvalue weighted by Crippen LogP contribution is 2.43. The van der Waals surface area contributed by atoms with E-state index in [-0.39, 0.29) is 11.3 Å². The number of amides is 1. The molecule has 6 heteroatoms. The highest BCUT2D eigenvalue weighted by molar-refractivity contribution is 6.51.